The molecule has 1 N–H and O–H groups in total. The predicted molar refractivity (Wildman–Crippen MR) is 68.8 cm³/mol. The maximum absolute atomic E-state index is 12.1. The molecule has 1 aromatic carbocycles. The van der Waals surface area contributed by atoms with Crippen molar-refractivity contribution in [3.05, 3.63) is 22.7 Å². The highest BCUT2D eigenvalue weighted by Gasteiger charge is 2.31. The number of hydrogen-bond acceptors (Lipinski definition) is 2. The maximum atomic E-state index is 12.1. The molecule has 1 aromatic rings. The van der Waals surface area contributed by atoms with Crippen molar-refractivity contribution < 1.29 is 17.9 Å². The molecule has 0 spiro atoms. The number of ether oxygens (including phenoxy) is 1. The molecule has 0 aromatic heterocycles. The standard InChI is InChI=1S/C12H15BrF3NO/c1-2-3-4-7-17-9-5-6-11(10(13)8-9)18-12(14,15)16/h5-6,8,17H,2-4,7H2,1H3. The Morgan fingerprint density at radius 2 is 2.00 bits per heavy atom. The smallest absolute Gasteiger partial charge is 0.405 e. The van der Waals surface area contributed by atoms with Crippen LogP contribution in [0.2, 0.25) is 0 Å². The lowest BCUT2D eigenvalue weighted by atomic mass is 10.2. The van der Waals surface area contributed by atoms with E-state index in [1.165, 1.54) is 6.07 Å². The highest BCUT2D eigenvalue weighted by Crippen LogP contribution is 2.32. The minimum Gasteiger partial charge on any atom is -0.405 e. The minimum atomic E-state index is -4.67. The van der Waals surface area contributed by atoms with Gasteiger partial charge in [-0.25, -0.2) is 0 Å². The molecule has 0 bridgehead atoms. The molecule has 0 atom stereocenters. The summed E-state index contributed by atoms with van der Waals surface area (Å²) in [7, 11) is 0. The van der Waals surface area contributed by atoms with Gasteiger partial charge in [0.2, 0.25) is 0 Å². The van der Waals surface area contributed by atoms with Gasteiger partial charge in [0, 0.05) is 12.2 Å². The number of nitrogens with one attached hydrogen (secondary N) is 1. The molecule has 0 aliphatic carbocycles. The van der Waals surface area contributed by atoms with Gasteiger partial charge in [-0.1, -0.05) is 19.8 Å². The summed E-state index contributed by atoms with van der Waals surface area (Å²) >= 11 is 3.06. The second-order valence-electron chi connectivity index (χ2n) is 3.83. The zero-order valence-corrected chi connectivity index (χ0v) is 11.6. The van der Waals surface area contributed by atoms with Crippen molar-refractivity contribution >= 4 is 21.6 Å². The van der Waals surface area contributed by atoms with Gasteiger partial charge in [0.15, 0.2) is 0 Å². The average molecular weight is 326 g/mol. The van der Waals surface area contributed by atoms with Gasteiger partial charge >= 0.3 is 6.36 Å². The van der Waals surface area contributed by atoms with E-state index in [9.17, 15) is 13.2 Å². The van der Waals surface area contributed by atoms with Crippen molar-refractivity contribution in [2.45, 2.75) is 32.5 Å². The van der Waals surface area contributed by atoms with Crippen LogP contribution < -0.4 is 10.1 Å². The Morgan fingerprint density at radius 1 is 1.28 bits per heavy atom. The topological polar surface area (TPSA) is 21.3 Å². The first-order chi connectivity index (χ1) is 8.42. The highest BCUT2D eigenvalue weighted by atomic mass is 79.9. The Bertz CT molecular complexity index is 382. The van der Waals surface area contributed by atoms with Crippen LogP contribution in [-0.4, -0.2) is 12.9 Å². The van der Waals surface area contributed by atoms with Gasteiger partial charge < -0.3 is 10.1 Å². The zero-order valence-electron chi connectivity index (χ0n) is 9.98. The van der Waals surface area contributed by atoms with Crippen molar-refractivity contribution in [3.8, 4) is 5.75 Å². The Hall–Kier alpha value is -0.910. The van der Waals surface area contributed by atoms with Crippen molar-refractivity contribution in [2.75, 3.05) is 11.9 Å². The number of rotatable bonds is 6. The fourth-order valence-corrected chi connectivity index (χ4v) is 1.89. The van der Waals surface area contributed by atoms with Gasteiger partial charge in [0.1, 0.15) is 5.75 Å². The van der Waals surface area contributed by atoms with Gasteiger partial charge in [-0.3, -0.25) is 0 Å². The lowest BCUT2D eigenvalue weighted by Gasteiger charge is -2.12. The normalized spacial score (nSPS) is 11.4. The summed E-state index contributed by atoms with van der Waals surface area (Å²) in [5, 5.41) is 3.14. The van der Waals surface area contributed by atoms with E-state index >= 15 is 0 Å². The Balaban J connectivity index is 2.56. The first-order valence-corrected chi connectivity index (χ1v) is 6.51. The van der Waals surface area contributed by atoms with Gasteiger partial charge in [0.25, 0.3) is 0 Å². The molecular weight excluding hydrogens is 311 g/mol. The molecule has 0 fully saturated rings. The van der Waals surface area contributed by atoms with Gasteiger partial charge in [-0.2, -0.15) is 0 Å². The number of benzene rings is 1. The van der Waals surface area contributed by atoms with Crippen LogP contribution in [-0.2, 0) is 0 Å². The molecule has 0 radical (unpaired) electrons. The van der Waals surface area contributed by atoms with Crippen molar-refractivity contribution in [3.63, 3.8) is 0 Å². The number of unbranched alkanes of at least 4 members (excludes halogenated alkanes) is 2. The molecule has 0 unspecified atom stereocenters. The lowest BCUT2D eigenvalue weighted by Crippen LogP contribution is -2.17. The van der Waals surface area contributed by atoms with Crippen LogP contribution in [0.15, 0.2) is 22.7 Å². The van der Waals surface area contributed by atoms with Crippen LogP contribution in [0.4, 0.5) is 18.9 Å². The third kappa shape index (κ3) is 5.62. The van der Waals surface area contributed by atoms with Crippen molar-refractivity contribution in [2.24, 2.45) is 0 Å². The summed E-state index contributed by atoms with van der Waals surface area (Å²) in [5.41, 5.74) is 0.771. The number of halogens is 4. The lowest BCUT2D eigenvalue weighted by molar-refractivity contribution is -0.274. The molecule has 0 amide bonds. The van der Waals surface area contributed by atoms with Crippen molar-refractivity contribution in [1.29, 1.82) is 0 Å². The predicted octanol–water partition coefficient (Wildman–Crippen LogP) is 4.95. The molecule has 102 valence electrons. The van der Waals surface area contributed by atoms with Crippen LogP contribution in [0.25, 0.3) is 0 Å². The summed E-state index contributed by atoms with van der Waals surface area (Å²) in [5.74, 6) is -0.235. The molecule has 0 saturated carbocycles. The summed E-state index contributed by atoms with van der Waals surface area (Å²) in [6.45, 7) is 2.92. The minimum absolute atomic E-state index is 0.235. The average Bonchev–Trinajstić information content (AvgIpc) is 2.26. The van der Waals surface area contributed by atoms with Crippen LogP contribution in [0.5, 0.6) is 5.75 Å². The summed E-state index contributed by atoms with van der Waals surface area (Å²) < 4.78 is 40.3. The molecule has 6 heteroatoms. The zero-order chi connectivity index (χ0) is 13.6. The highest BCUT2D eigenvalue weighted by molar-refractivity contribution is 9.10. The van der Waals surface area contributed by atoms with Gasteiger partial charge in [0.05, 0.1) is 4.47 Å². The van der Waals surface area contributed by atoms with Gasteiger partial charge in [-0.05, 0) is 40.5 Å². The molecule has 0 aliphatic heterocycles. The van der Waals surface area contributed by atoms with Crippen molar-refractivity contribution in [1.82, 2.24) is 0 Å². The summed E-state index contributed by atoms with van der Waals surface area (Å²) in [4.78, 5) is 0. The summed E-state index contributed by atoms with van der Waals surface area (Å²) in [6.07, 6.45) is -1.37. The fourth-order valence-electron chi connectivity index (χ4n) is 1.43. The Kier molecular flexibility index (Phi) is 5.78. The van der Waals surface area contributed by atoms with Gasteiger partial charge in [-0.15, -0.1) is 13.2 Å². The second kappa shape index (κ2) is 6.87. The van der Waals surface area contributed by atoms with E-state index in [1.54, 1.807) is 12.1 Å². The Labute approximate surface area is 113 Å². The Morgan fingerprint density at radius 3 is 2.56 bits per heavy atom. The SMILES string of the molecule is CCCCCNc1ccc(OC(F)(F)F)c(Br)c1. The van der Waals surface area contributed by atoms with E-state index in [2.05, 4.69) is 32.9 Å². The molecule has 2 nitrogen and oxygen atoms in total. The molecule has 0 aliphatic rings. The molecule has 1 rings (SSSR count). The number of alkyl halides is 3. The number of hydrogen-bond donors (Lipinski definition) is 1. The largest absolute Gasteiger partial charge is 0.573 e. The maximum Gasteiger partial charge on any atom is 0.573 e. The summed E-state index contributed by atoms with van der Waals surface area (Å²) in [6, 6.07) is 4.44. The van der Waals surface area contributed by atoms with Crippen LogP contribution in [0.3, 0.4) is 0 Å². The van der Waals surface area contributed by atoms with Crippen LogP contribution >= 0.6 is 15.9 Å². The van der Waals surface area contributed by atoms with E-state index in [0.29, 0.717) is 0 Å². The second-order valence-corrected chi connectivity index (χ2v) is 4.68. The van der Waals surface area contributed by atoms with Crippen LogP contribution in [0, 0.1) is 0 Å². The fraction of sp³-hybridized carbons (Fsp3) is 0.500. The van der Waals surface area contributed by atoms with E-state index < -0.39 is 6.36 Å². The monoisotopic (exact) mass is 325 g/mol. The quantitative estimate of drug-likeness (QED) is 0.747. The molecular formula is C12H15BrF3NO. The van der Waals surface area contributed by atoms with E-state index in [4.69, 9.17) is 0 Å². The molecule has 0 heterocycles. The first-order valence-electron chi connectivity index (χ1n) is 5.71. The first kappa shape index (κ1) is 15.1. The molecule has 18 heavy (non-hydrogen) atoms. The van der Waals surface area contributed by atoms with E-state index in [1.807, 2.05) is 0 Å². The number of anilines is 1. The van der Waals surface area contributed by atoms with E-state index in [-0.39, 0.29) is 10.2 Å². The van der Waals surface area contributed by atoms with Crippen LogP contribution in [0.1, 0.15) is 26.2 Å². The van der Waals surface area contributed by atoms with E-state index in [0.717, 1.165) is 31.5 Å². The third-order valence-electron chi connectivity index (χ3n) is 2.27. The molecule has 0 saturated heterocycles. The third-order valence-corrected chi connectivity index (χ3v) is 2.89.